The van der Waals surface area contributed by atoms with Gasteiger partial charge >= 0.3 is 6.18 Å². The summed E-state index contributed by atoms with van der Waals surface area (Å²) in [5.74, 6) is -0.310. The molecule has 0 radical (unpaired) electrons. The van der Waals surface area contributed by atoms with Gasteiger partial charge in [-0.3, -0.25) is 4.79 Å². The number of benzene rings is 1. The molecule has 0 spiro atoms. The highest BCUT2D eigenvalue weighted by atomic mass is 35.6. The fourth-order valence-electron chi connectivity index (χ4n) is 4.16. The number of amides is 1. The van der Waals surface area contributed by atoms with Gasteiger partial charge in [0.25, 0.3) is 0 Å². The molecule has 0 unspecified atom stereocenters. The van der Waals surface area contributed by atoms with Crippen LogP contribution in [0.5, 0.6) is 0 Å². The molecule has 0 saturated heterocycles. The Balaban J connectivity index is 2.22. The summed E-state index contributed by atoms with van der Waals surface area (Å²) in [5, 5.41) is 7.79. The Morgan fingerprint density at radius 1 is 0.821 bits per heavy atom. The molecule has 1 amide bonds. The van der Waals surface area contributed by atoms with E-state index in [1.807, 2.05) is 0 Å². The fraction of sp³-hybridized carbons (Fsp3) is 0.714. The lowest BCUT2D eigenvalue weighted by molar-refractivity contribution is -0.137. The van der Waals surface area contributed by atoms with Gasteiger partial charge in [0.2, 0.25) is 9.70 Å². The number of halogens is 6. The highest BCUT2D eigenvalue weighted by Gasteiger charge is 2.35. The second-order valence-electron chi connectivity index (χ2n) is 9.92. The first-order chi connectivity index (χ1) is 18.4. The van der Waals surface area contributed by atoms with E-state index in [0.29, 0.717) is 6.42 Å². The molecule has 11 heteroatoms. The first-order valence-electron chi connectivity index (χ1n) is 14.0. The predicted molar refractivity (Wildman–Crippen MR) is 163 cm³/mol. The van der Waals surface area contributed by atoms with E-state index in [2.05, 4.69) is 22.9 Å². The average Bonchev–Trinajstić information content (AvgIpc) is 2.85. The maximum Gasteiger partial charge on any atom is 0.416 e. The third kappa shape index (κ3) is 18.2. The number of carbonyl (C=O) groups is 1. The molecule has 1 aromatic carbocycles. The summed E-state index contributed by atoms with van der Waals surface area (Å²) in [4.78, 5) is 12.4. The van der Waals surface area contributed by atoms with E-state index in [-0.39, 0.29) is 23.1 Å². The summed E-state index contributed by atoms with van der Waals surface area (Å²) < 4.78 is 36.9. The molecule has 0 heterocycles. The van der Waals surface area contributed by atoms with Crippen molar-refractivity contribution in [2.75, 3.05) is 5.32 Å². The number of rotatable bonds is 19. The Morgan fingerprint density at radius 3 is 1.77 bits per heavy atom. The van der Waals surface area contributed by atoms with E-state index >= 15 is 0 Å². The second-order valence-corrected chi connectivity index (χ2v) is 12.7. The Labute approximate surface area is 252 Å². The summed E-state index contributed by atoms with van der Waals surface area (Å²) in [5.41, 5.74) is -0.723. The minimum atomic E-state index is -4.49. The van der Waals surface area contributed by atoms with E-state index in [1.54, 1.807) is 0 Å². The van der Waals surface area contributed by atoms with Crippen molar-refractivity contribution < 1.29 is 18.0 Å². The van der Waals surface area contributed by atoms with E-state index in [4.69, 9.17) is 47.0 Å². The molecule has 0 aliphatic carbocycles. The molecule has 0 aliphatic rings. The molecule has 4 nitrogen and oxygen atoms in total. The fourth-order valence-corrected chi connectivity index (χ4v) is 4.72. The van der Waals surface area contributed by atoms with Crippen molar-refractivity contribution in [1.82, 2.24) is 10.6 Å². The molecular weight excluding hydrogens is 590 g/mol. The second kappa shape index (κ2) is 20.0. The molecule has 1 atom stereocenters. The van der Waals surface area contributed by atoms with Crippen LogP contribution in [0.2, 0.25) is 0 Å². The zero-order chi connectivity index (χ0) is 29.2. The highest BCUT2D eigenvalue weighted by Crippen LogP contribution is 2.31. The first kappa shape index (κ1) is 36.1. The first-order valence-corrected chi connectivity index (χ1v) is 15.6. The minimum absolute atomic E-state index is 0.0991. The molecule has 0 bridgehead atoms. The quantitative estimate of drug-likeness (QED) is 0.0615. The van der Waals surface area contributed by atoms with Crippen LogP contribution in [0.4, 0.5) is 18.9 Å². The maximum atomic E-state index is 12.9. The SMILES string of the molecule is CCCCCCCCCCCCCCCCCC(=O)N[C@@H](NC(=S)Nc1cccc(C(F)(F)F)c1)C(Cl)(Cl)Cl. The molecule has 1 rings (SSSR count). The lowest BCUT2D eigenvalue weighted by Gasteiger charge is -2.28. The van der Waals surface area contributed by atoms with E-state index < -0.39 is 21.7 Å². The number of carbonyl (C=O) groups excluding carboxylic acids is 1. The minimum Gasteiger partial charge on any atom is -0.339 e. The van der Waals surface area contributed by atoms with Gasteiger partial charge in [0.15, 0.2) is 5.11 Å². The van der Waals surface area contributed by atoms with Crippen LogP contribution in [0, 0.1) is 0 Å². The van der Waals surface area contributed by atoms with Gasteiger partial charge in [-0.1, -0.05) is 138 Å². The zero-order valence-electron chi connectivity index (χ0n) is 22.8. The normalized spacial score (nSPS) is 12.7. The number of nitrogens with one attached hydrogen (secondary N) is 3. The molecule has 224 valence electrons. The van der Waals surface area contributed by atoms with Crippen LogP contribution < -0.4 is 16.0 Å². The number of unbranched alkanes of at least 4 members (excludes halogenated alkanes) is 14. The Kier molecular flexibility index (Phi) is 18.5. The molecule has 3 N–H and O–H groups in total. The van der Waals surface area contributed by atoms with Gasteiger partial charge in [0.05, 0.1) is 5.56 Å². The summed E-state index contributed by atoms with van der Waals surface area (Å²) in [6, 6.07) is 4.53. The van der Waals surface area contributed by atoms with Crippen molar-refractivity contribution in [3.8, 4) is 0 Å². The van der Waals surface area contributed by atoms with Crippen LogP contribution in [0.3, 0.4) is 0 Å². The van der Waals surface area contributed by atoms with Gasteiger partial charge in [0, 0.05) is 12.1 Å². The maximum absolute atomic E-state index is 12.9. The predicted octanol–water partition coefficient (Wildman–Crippen LogP) is 10.1. The summed E-state index contributed by atoms with van der Waals surface area (Å²) in [6.07, 6.45) is 13.1. The zero-order valence-corrected chi connectivity index (χ0v) is 25.9. The van der Waals surface area contributed by atoms with Crippen molar-refractivity contribution in [2.24, 2.45) is 0 Å². The van der Waals surface area contributed by atoms with Crippen molar-refractivity contribution >= 4 is 63.7 Å². The van der Waals surface area contributed by atoms with Crippen molar-refractivity contribution in [1.29, 1.82) is 0 Å². The van der Waals surface area contributed by atoms with Gasteiger partial charge in [-0.2, -0.15) is 13.2 Å². The van der Waals surface area contributed by atoms with Crippen molar-refractivity contribution in [3.05, 3.63) is 29.8 Å². The Morgan fingerprint density at radius 2 is 1.31 bits per heavy atom. The summed E-state index contributed by atoms with van der Waals surface area (Å²) >= 11 is 23.1. The monoisotopic (exact) mass is 631 g/mol. The summed E-state index contributed by atoms with van der Waals surface area (Å²) in [6.45, 7) is 2.24. The number of anilines is 1. The van der Waals surface area contributed by atoms with Crippen LogP contribution in [0.1, 0.15) is 115 Å². The van der Waals surface area contributed by atoms with E-state index in [9.17, 15) is 18.0 Å². The average molecular weight is 633 g/mol. The number of alkyl halides is 6. The number of hydrogen-bond acceptors (Lipinski definition) is 2. The van der Waals surface area contributed by atoms with E-state index in [1.165, 1.54) is 82.8 Å². The van der Waals surface area contributed by atoms with Crippen LogP contribution in [-0.4, -0.2) is 21.0 Å². The number of hydrogen-bond donors (Lipinski definition) is 3. The third-order valence-electron chi connectivity index (χ3n) is 6.36. The highest BCUT2D eigenvalue weighted by molar-refractivity contribution is 7.80. The molecule has 0 fully saturated rings. The molecular formula is C28H43Cl3F3N3OS. The largest absolute Gasteiger partial charge is 0.416 e. The molecule has 39 heavy (non-hydrogen) atoms. The third-order valence-corrected chi connectivity index (χ3v) is 7.24. The van der Waals surface area contributed by atoms with Crippen molar-refractivity contribution in [3.63, 3.8) is 0 Å². The van der Waals surface area contributed by atoms with Gasteiger partial charge < -0.3 is 16.0 Å². The standard InChI is InChI=1S/C28H43Cl3F3N3OS/c1-2-3-4-5-6-7-8-9-10-11-12-13-14-15-16-20-24(38)36-25(27(29,30)31)37-26(39)35-23-19-17-18-22(21-23)28(32,33)34/h17-19,21,25H,2-16,20H2,1H3,(H,36,38)(H2,35,37,39)/t25-/m0/s1. The van der Waals surface area contributed by atoms with Crippen LogP contribution in [0.15, 0.2) is 24.3 Å². The van der Waals surface area contributed by atoms with Crippen LogP contribution in [-0.2, 0) is 11.0 Å². The van der Waals surface area contributed by atoms with Crippen LogP contribution in [0.25, 0.3) is 0 Å². The smallest absolute Gasteiger partial charge is 0.339 e. The van der Waals surface area contributed by atoms with Gasteiger partial charge in [-0.25, -0.2) is 0 Å². The number of thiocarbonyl (C=S) groups is 1. The van der Waals surface area contributed by atoms with Gasteiger partial charge in [0.1, 0.15) is 6.17 Å². The van der Waals surface area contributed by atoms with Gasteiger partial charge in [-0.15, -0.1) is 0 Å². The molecule has 0 aromatic heterocycles. The van der Waals surface area contributed by atoms with Gasteiger partial charge in [-0.05, 0) is 36.8 Å². The Hall–Kier alpha value is -0.960. The van der Waals surface area contributed by atoms with Crippen molar-refractivity contribution in [2.45, 2.75) is 126 Å². The molecule has 1 aromatic rings. The molecule has 0 saturated carbocycles. The summed E-state index contributed by atoms with van der Waals surface area (Å²) in [7, 11) is 0. The molecule has 0 aliphatic heterocycles. The Bertz CT molecular complexity index is 838. The van der Waals surface area contributed by atoms with Crippen LogP contribution >= 0.6 is 47.0 Å². The topological polar surface area (TPSA) is 53.2 Å². The lowest BCUT2D eigenvalue weighted by Crippen LogP contribution is -2.56. The van der Waals surface area contributed by atoms with E-state index in [0.717, 1.165) is 31.4 Å². The lowest BCUT2D eigenvalue weighted by atomic mass is 10.0.